The molecule has 0 fully saturated rings. The summed E-state index contributed by atoms with van der Waals surface area (Å²) in [6.07, 6.45) is 0.918. The van der Waals surface area contributed by atoms with E-state index in [1.54, 1.807) is 0 Å². The number of aromatic nitrogens is 1. The van der Waals surface area contributed by atoms with E-state index in [2.05, 4.69) is 30.0 Å². The molecule has 1 aliphatic rings. The SMILES string of the molecule is CCc1cc(CN)cc(N2CCOc3ccccc3C2)n1. The molecule has 0 saturated carbocycles. The van der Waals surface area contributed by atoms with Crippen molar-refractivity contribution >= 4 is 5.82 Å². The van der Waals surface area contributed by atoms with Gasteiger partial charge >= 0.3 is 0 Å². The topological polar surface area (TPSA) is 51.4 Å². The summed E-state index contributed by atoms with van der Waals surface area (Å²) >= 11 is 0. The average molecular weight is 283 g/mol. The van der Waals surface area contributed by atoms with Crippen LogP contribution < -0.4 is 15.4 Å². The predicted octanol–water partition coefficient (Wildman–Crippen LogP) is 2.50. The number of benzene rings is 1. The maximum Gasteiger partial charge on any atom is 0.129 e. The molecule has 0 radical (unpaired) electrons. The number of nitrogens with two attached hydrogens (primary N) is 1. The van der Waals surface area contributed by atoms with E-state index < -0.39 is 0 Å². The van der Waals surface area contributed by atoms with Crippen LogP contribution in [0.4, 0.5) is 5.82 Å². The molecule has 0 amide bonds. The Kier molecular flexibility index (Phi) is 4.06. The minimum absolute atomic E-state index is 0.545. The fraction of sp³-hybridized carbons (Fsp3) is 0.353. The third-order valence-corrected chi connectivity index (χ3v) is 3.80. The summed E-state index contributed by atoms with van der Waals surface area (Å²) in [7, 11) is 0. The van der Waals surface area contributed by atoms with Gasteiger partial charge in [0.2, 0.25) is 0 Å². The highest BCUT2D eigenvalue weighted by molar-refractivity contribution is 5.46. The van der Waals surface area contributed by atoms with E-state index in [0.29, 0.717) is 13.2 Å². The number of rotatable bonds is 3. The Labute approximate surface area is 125 Å². The summed E-state index contributed by atoms with van der Waals surface area (Å²) in [6.45, 7) is 4.99. The van der Waals surface area contributed by atoms with E-state index >= 15 is 0 Å². The first-order valence-electron chi connectivity index (χ1n) is 7.45. The number of hydrogen-bond donors (Lipinski definition) is 1. The molecule has 2 heterocycles. The highest BCUT2D eigenvalue weighted by atomic mass is 16.5. The molecule has 2 N–H and O–H groups in total. The molecule has 0 atom stereocenters. The summed E-state index contributed by atoms with van der Waals surface area (Å²) in [5, 5.41) is 0. The monoisotopic (exact) mass is 283 g/mol. The van der Waals surface area contributed by atoms with Crippen molar-refractivity contribution in [3.05, 3.63) is 53.2 Å². The minimum atomic E-state index is 0.545. The van der Waals surface area contributed by atoms with Crippen molar-refractivity contribution in [2.24, 2.45) is 5.73 Å². The molecule has 1 aliphatic heterocycles. The Bertz CT molecular complexity index is 605. The molecule has 3 rings (SSSR count). The van der Waals surface area contributed by atoms with Crippen molar-refractivity contribution in [3.63, 3.8) is 0 Å². The van der Waals surface area contributed by atoms with Gasteiger partial charge in [-0.15, -0.1) is 0 Å². The lowest BCUT2D eigenvalue weighted by molar-refractivity contribution is 0.331. The Morgan fingerprint density at radius 1 is 1.29 bits per heavy atom. The van der Waals surface area contributed by atoms with Crippen molar-refractivity contribution in [1.29, 1.82) is 0 Å². The van der Waals surface area contributed by atoms with Gasteiger partial charge in [0.25, 0.3) is 0 Å². The molecule has 0 aliphatic carbocycles. The zero-order valence-corrected chi connectivity index (χ0v) is 12.4. The number of para-hydroxylation sites is 1. The number of hydrogen-bond acceptors (Lipinski definition) is 4. The van der Waals surface area contributed by atoms with Gasteiger partial charge in [0.1, 0.15) is 18.2 Å². The van der Waals surface area contributed by atoms with Gasteiger partial charge in [-0.25, -0.2) is 4.98 Å². The average Bonchev–Trinajstić information content (AvgIpc) is 2.76. The second-order valence-electron chi connectivity index (χ2n) is 5.26. The van der Waals surface area contributed by atoms with Crippen molar-refractivity contribution in [3.8, 4) is 5.75 Å². The van der Waals surface area contributed by atoms with Crippen LogP contribution in [0, 0.1) is 0 Å². The molecular formula is C17H21N3O. The first-order valence-corrected chi connectivity index (χ1v) is 7.45. The molecule has 0 bridgehead atoms. The van der Waals surface area contributed by atoms with Crippen molar-refractivity contribution in [2.45, 2.75) is 26.4 Å². The second-order valence-corrected chi connectivity index (χ2v) is 5.26. The first kappa shape index (κ1) is 13.9. The van der Waals surface area contributed by atoms with Gasteiger partial charge in [0, 0.05) is 24.3 Å². The van der Waals surface area contributed by atoms with Gasteiger partial charge in [-0.05, 0) is 30.2 Å². The van der Waals surface area contributed by atoms with Crippen LogP contribution in [0.25, 0.3) is 0 Å². The summed E-state index contributed by atoms with van der Waals surface area (Å²) in [6, 6.07) is 12.4. The molecule has 1 aromatic heterocycles. The van der Waals surface area contributed by atoms with E-state index in [4.69, 9.17) is 15.5 Å². The number of ether oxygens (including phenoxy) is 1. The van der Waals surface area contributed by atoms with Crippen LogP contribution in [0.15, 0.2) is 36.4 Å². The summed E-state index contributed by atoms with van der Waals surface area (Å²) in [4.78, 5) is 7.02. The van der Waals surface area contributed by atoms with Crippen LogP contribution >= 0.6 is 0 Å². The largest absolute Gasteiger partial charge is 0.491 e. The molecule has 1 aromatic carbocycles. The lowest BCUT2D eigenvalue weighted by atomic mass is 10.1. The summed E-state index contributed by atoms with van der Waals surface area (Å²) in [5.41, 5.74) is 9.23. The molecule has 4 nitrogen and oxygen atoms in total. The molecule has 0 saturated heterocycles. The lowest BCUT2D eigenvalue weighted by Crippen LogP contribution is -2.26. The third kappa shape index (κ3) is 3.00. The quantitative estimate of drug-likeness (QED) is 0.940. The number of anilines is 1. The Hall–Kier alpha value is -2.07. The van der Waals surface area contributed by atoms with Gasteiger partial charge < -0.3 is 15.4 Å². The zero-order chi connectivity index (χ0) is 14.7. The Balaban J connectivity index is 1.93. The van der Waals surface area contributed by atoms with E-state index in [0.717, 1.165) is 42.3 Å². The molecule has 0 unspecified atom stereocenters. The highest BCUT2D eigenvalue weighted by Gasteiger charge is 2.17. The van der Waals surface area contributed by atoms with Crippen molar-refractivity contribution in [2.75, 3.05) is 18.1 Å². The first-order chi connectivity index (χ1) is 10.3. The van der Waals surface area contributed by atoms with Crippen LogP contribution in [0.1, 0.15) is 23.7 Å². The molecule has 21 heavy (non-hydrogen) atoms. The number of fused-ring (bicyclic) bond motifs is 1. The third-order valence-electron chi connectivity index (χ3n) is 3.80. The molecule has 0 spiro atoms. The summed E-state index contributed by atoms with van der Waals surface area (Å²) in [5.74, 6) is 1.97. The van der Waals surface area contributed by atoms with Crippen LogP contribution in [0.2, 0.25) is 0 Å². The maximum atomic E-state index is 5.82. The molecular weight excluding hydrogens is 262 g/mol. The normalized spacial score (nSPS) is 14.3. The second kappa shape index (κ2) is 6.14. The standard InChI is InChI=1S/C17H21N3O/c1-2-15-9-13(11-18)10-17(19-15)20-7-8-21-16-6-4-3-5-14(16)12-20/h3-6,9-10H,2,7-8,11-12,18H2,1H3. The van der Waals surface area contributed by atoms with Gasteiger partial charge in [0.05, 0.1) is 6.54 Å². The number of nitrogens with zero attached hydrogens (tertiary/aromatic N) is 2. The van der Waals surface area contributed by atoms with E-state index in [1.165, 1.54) is 5.56 Å². The van der Waals surface area contributed by atoms with Gasteiger partial charge in [-0.3, -0.25) is 0 Å². The van der Waals surface area contributed by atoms with Crippen LogP contribution in [-0.2, 0) is 19.5 Å². The summed E-state index contributed by atoms with van der Waals surface area (Å²) < 4.78 is 5.82. The Morgan fingerprint density at radius 2 is 2.14 bits per heavy atom. The smallest absolute Gasteiger partial charge is 0.129 e. The van der Waals surface area contributed by atoms with Gasteiger partial charge in [-0.2, -0.15) is 0 Å². The van der Waals surface area contributed by atoms with E-state index in [1.807, 2.05) is 18.2 Å². The Morgan fingerprint density at radius 3 is 2.95 bits per heavy atom. The fourth-order valence-electron chi connectivity index (χ4n) is 2.62. The highest BCUT2D eigenvalue weighted by Crippen LogP contribution is 2.25. The number of pyridine rings is 1. The molecule has 4 heteroatoms. The fourth-order valence-corrected chi connectivity index (χ4v) is 2.62. The zero-order valence-electron chi connectivity index (χ0n) is 12.4. The molecule has 2 aromatic rings. The predicted molar refractivity (Wildman–Crippen MR) is 84.5 cm³/mol. The van der Waals surface area contributed by atoms with Crippen LogP contribution in [-0.4, -0.2) is 18.1 Å². The van der Waals surface area contributed by atoms with E-state index in [9.17, 15) is 0 Å². The lowest BCUT2D eigenvalue weighted by Gasteiger charge is -2.22. The van der Waals surface area contributed by atoms with E-state index in [-0.39, 0.29) is 0 Å². The number of aryl methyl sites for hydroxylation is 1. The maximum absolute atomic E-state index is 5.82. The van der Waals surface area contributed by atoms with Crippen LogP contribution in [0.3, 0.4) is 0 Å². The van der Waals surface area contributed by atoms with Crippen molar-refractivity contribution < 1.29 is 4.74 Å². The van der Waals surface area contributed by atoms with Crippen molar-refractivity contribution in [1.82, 2.24) is 4.98 Å². The van der Waals surface area contributed by atoms with Gasteiger partial charge in [0.15, 0.2) is 0 Å². The molecule has 110 valence electrons. The van der Waals surface area contributed by atoms with Crippen LogP contribution in [0.5, 0.6) is 5.75 Å². The minimum Gasteiger partial charge on any atom is -0.491 e. The van der Waals surface area contributed by atoms with Gasteiger partial charge in [-0.1, -0.05) is 25.1 Å².